The van der Waals surface area contributed by atoms with Crippen LogP contribution in [0.1, 0.15) is 26.0 Å². The third-order valence-electron chi connectivity index (χ3n) is 2.98. The van der Waals surface area contributed by atoms with Crippen LogP contribution in [0.2, 0.25) is 0 Å². The molecule has 21 heavy (non-hydrogen) atoms. The van der Waals surface area contributed by atoms with Gasteiger partial charge >= 0.3 is 6.18 Å². The van der Waals surface area contributed by atoms with E-state index in [9.17, 15) is 21.6 Å². The normalized spacial score (nSPS) is 13.1. The summed E-state index contributed by atoms with van der Waals surface area (Å²) >= 11 is 0. The van der Waals surface area contributed by atoms with Gasteiger partial charge in [-0.3, -0.25) is 0 Å². The van der Waals surface area contributed by atoms with Crippen molar-refractivity contribution in [3.63, 3.8) is 0 Å². The van der Waals surface area contributed by atoms with Crippen molar-refractivity contribution in [2.45, 2.75) is 44.4 Å². The van der Waals surface area contributed by atoms with Crippen molar-refractivity contribution in [1.29, 1.82) is 0 Å². The third-order valence-corrected chi connectivity index (χ3v) is 4.87. The lowest BCUT2D eigenvalue weighted by Gasteiger charge is -2.21. The number of aromatic nitrogens is 1. The van der Waals surface area contributed by atoms with Gasteiger partial charge in [0.1, 0.15) is 11.4 Å². The van der Waals surface area contributed by atoms with E-state index < -0.39 is 22.7 Å². The number of halogens is 3. The molecule has 5 nitrogen and oxygen atoms in total. The summed E-state index contributed by atoms with van der Waals surface area (Å²) in [7, 11) is -4.18. The molecule has 2 N–H and O–H groups in total. The first-order valence-electron chi connectivity index (χ1n) is 6.61. The van der Waals surface area contributed by atoms with E-state index in [0.717, 1.165) is 6.42 Å². The van der Waals surface area contributed by atoms with Crippen LogP contribution in [-0.2, 0) is 23.1 Å². The molecule has 0 atom stereocenters. The molecule has 0 saturated carbocycles. The molecule has 122 valence electrons. The average Bonchev–Trinajstić information content (AvgIpc) is 2.79. The van der Waals surface area contributed by atoms with Gasteiger partial charge in [-0.25, -0.2) is 8.42 Å². The Bertz CT molecular complexity index is 567. The van der Waals surface area contributed by atoms with Gasteiger partial charge in [-0.05, 0) is 12.5 Å². The number of nitrogens with two attached hydrogens (primary N) is 1. The maximum absolute atomic E-state index is 12.5. The highest BCUT2D eigenvalue weighted by Gasteiger charge is 2.36. The number of alkyl halides is 3. The van der Waals surface area contributed by atoms with Crippen molar-refractivity contribution < 1.29 is 21.6 Å². The molecule has 0 radical (unpaired) electrons. The fraction of sp³-hybridized carbons (Fsp3) is 0.667. The van der Waals surface area contributed by atoms with E-state index in [2.05, 4.69) is 0 Å². The van der Waals surface area contributed by atoms with Gasteiger partial charge in [0, 0.05) is 31.5 Å². The Morgan fingerprint density at radius 3 is 2.38 bits per heavy atom. The standard InChI is InChI=1S/C12H20F3N3O2S/c1-3-5-17-8-11(6-10(17)7-16)21(19,20)18(4-2)9-12(13,14)15/h6,8H,3-5,7,9,16H2,1-2H3. The molecule has 0 unspecified atom stereocenters. The molecule has 9 heteroatoms. The molecule has 0 amide bonds. The highest BCUT2D eigenvalue weighted by atomic mass is 32.2. The molecule has 0 spiro atoms. The Hall–Kier alpha value is -1.06. The van der Waals surface area contributed by atoms with Crippen LogP contribution >= 0.6 is 0 Å². The minimum absolute atomic E-state index is 0.126. The second-order valence-corrected chi connectivity index (χ2v) is 6.55. The fourth-order valence-corrected chi connectivity index (χ4v) is 3.50. The number of sulfonamides is 1. The second-order valence-electron chi connectivity index (χ2n) is 4.61. The molecule has 0 aromatic carbocycles. The molecule has 0 saturated heterocycles. The van der Waals surface area contributed by atoms with Crippen LogP contribution in [0.3, 0.4) is 0 Å². The summed E-state index contributed by atoms with van der Waals surface area (Å²) in [5.74, 6) is 0. The zero-order valence-corrected chi connectivity index (χ0v) is 12.8. The lowest BCUT2D eigenvalue weighted by Crippen LogP contribution is -2.38. The number of hydrogen-bond donors (Lipinski definition) is 1. The van der Waals surface area contributed by atoms with Gasteiger partial charge in [0.05, 0.1) is 0 Å². The Morgan fingerprint density at radius 2 is 1.95 bits per heavy atom. The smallest absolute Gasteiger partial charge is 0.349 e. The SMILES string of the molecule is CCCn1cc(S(=O)(=O)N(CC)CC(F)(F)F)cc1CN. The Kier molecular flexibility index (Phi) is 5.83. The van der Waals surface area contributed by atoms with E-state index in [1.807, 2.05) is 6.92 Å². The van der Waals surface area contributed by atoms with Gasteiger partial charge in [-0.2, -0.15) is 17.5 Å². The molecule has 0 aliphatic rings. The first-order valence-corrected chi connectivity index (χ1v) is 8.05. The summed E-state index contributed by atoms with van der Waals surface area (Å²) in [6.45, 7) is 2.22. The minimum Gasteiger partial charge on any atom is -0.349 e. The van der Waals surface area contributed by atoms with E-state index in [0.29, 0.717) is 16.5 Å². The number of nitrogens with zero attached hydrogens (tertiary/aromatic N) is 2. The van der Waals surface area contributed by atoms with Crippen LogP contribution in [0.4, 0.5) is 13.2 Å². The van der Waals surface area contributed by atoms with Gasteiger partial charge in [-0.15, -0.1) is 0 Å². The monoisotopic (exact) mass is 327 g/mol. The predicted octanol–water partition coefficient (Wildman–Crippen LogP) is 1.93. The third kappa shape index (κ3) is 4.45. The quantitative estimate of drug-likeness (QED) is 0.832. The first-order chi connectivity index (χ1) is 9.65. The first kappa shape index (κ1) is 18.0. The molecule has 1 aromatic rings. The Labute approximate surface area is 122 Å². The maximum Gasteiger partial charge on any atom is 0.402 e. The van der Waals surface area contributed by atoms with Crippen molar-refractivity contribution in [3.8, 4) is 0 Å². The van der Waals surface area contributed by atoms with E-state index in [-0.39, 0.29) is 18.0 Å². The zero-order valence-electron chi connectivity index (χ0n) is 12.0. The van der Waals surface area contributed by atoms with Crippen molar-refractivity contribution in [2.75, 3.05) is 13.1 Å². The fourth-order valence-electron chi connectivity index (χ4n) is 2.00. The zero-order chi connectivity index (χ0) is 16.3. The largest absolute Gasteiger partial charge is 0.402 e. The Morgan fingerprint density at radius 1 is 1.33 bits per heavy atom. The molecule has 1 aromatic heterocycles. The van der Waals surface area contributed by atoms with Gasteiger partial charge < -0.3 is 10.3 Å². The van der Waals surface area contributed by atoms with Gasteiger partial charge in [0.15, 0.2) is 0 Å². The van der Waals surface area contributed by atoms with Crippen molar-refractivity contribution >= 4 is 10.0 Å². The van der Waals surface area contributed by atoms with Crippen LogP contribution in [0.15, 0.2) is 17.2 Å². The lowest BCUT2D eigenvalue weighted by atomic mass is 10.4. The van der Waals surface area contributed by atoms with Crippen molar-refractivity contribution in [2.24, 2.45) is 5.73 Å². The molecule has 1 heterocycles. The highest BCUT2D eigenvalue weighted by molar-refractivity contribution is 7.89. The van der Waals surface area contributed by atoms with Gasteiger partial charge in [0.2, 0.25) is 10.0 Å². The summed E-state index contributed by atoms with van der Waals surface area (Å²) in [5.41, 5.74) is 6.12. The maximum atomic E-state index is 12.5. The molecule has 0 aliphatic carbocycles. The summed E-state index contributed by atoms with van der Waals surface area (Å²) in [6, 6.07) is 1.34. The average molecular weight is 327 g/mol. The van der Waals surface area contributed by atoms with Gasteiger partial charge in [-0.1, -0.05) is 13.8 Å². The summed E-state index contributed by atoms with van der Waals surface area (Å²) in [4.78, 5) is -0.150. The molecule has 0 aliphatic heterocycles. The second kappa shape index (κ2) is 6.80. The van der Waals surface area contributed by atoms with Crippen LogP contribution in [0.25, 0.3) is 0 Å². The van der Waals surface area contributed by atoms with E-state index >= 15 is 0 Å². The van der Waals surface area contributed by atoms with E-state index in [1.54, 1.807) is 4.57 Å². The molecule has 0 fully saturated rings. The van der Waals surface area contributed by atoms with Crippen LogP contribution in [0, 0.1) is 0 Å². The molecule has 0 bridgehead atoms. The van der Waals surface area contributed by atoms with Crippen LogP contribution in [0.5, 0.6) is 0 Å². The van der Waals surface area contributed by atoms with Gasteiger partial charge in [0.25, 0.3) is 0 Å². The summed E-state index contributed by atoms with van der Waals surface area (Å²) in [5, 5.41) is 0. The Balaban J connectivity index is 3.16. The van der Waals surface area contributed by atoms with Crippen LogP contribution < -0.4 is 5.73 Å². The van der Waals surface area contributed by atoms with Crippen molar-refractivity contribution in [1.82, 2.24) is 8.87 Å². The summed E-state index contributed by atoms with van der Waals surface area (Å²) in [6.07, 6.45) is -2.47. The lowest BCUT2D eigenvalue weighted by molar-refractivity contribution is -0.135. The predicted molar refractivity (Wildman–Crippen MR) is 73.1 cm³/mol. The van der Waals surface area contributed by atoms with Crippen molar-refractivity contribution in [3.05, 3.63) is 18.0 Å². The highest BCUT2D eigenvalue weighted by Crippen LogP contribution is 2.24. The number of aryl methyl sites for hydroxylation is 1. The topological polar surface area (TPSA) is 68.3 Å². The molecule has 1 rings (SSSR count). The van der Waals surface area contributed by atoms with Crippen LogP contribution in [-0.4, -0.2) is 36.6 Å². The van der Waals surface area contributed by atoms with E-state index in [4.69, 9.17) is 5.73 Å². The number of rotatable bonds is 7. The molecular weight excluding hydrogens is 307 g/mol. The number of hydrogen-bond acceptors (Lipinski definition) is 3. The summed E-state index contributed by atoms with van der Waals surface area (Å²) < 4.78 is 64.1. The minimum atomic E-state index is -4.58. The van der Waals surface area contributed by atoms with E-state index in [1.165, 1.54) is 19.2 Å². The molecular formula is C12H20F3N3O2S.